The lowest BCUT2D eigenvalue weighted by Gasteiger charge is -2.28. The van der Waals surface area contributed by atoms with Crippen molar-refractivity contribution in [3.05, 3.63) is 384 Å². The van der Waals surface area contributed by atoms with Crippen molar-refractivity contribution in [2.24, 2.45) is 0 Å². The van der Waals surface area contributed by atoms with Gasteiger partial charge in [-0.25, -0.2) is 0 Å². The van der Waals surface area contributed by atoms with E-state index in [0.717, 1.165) is 69.5 Å². The molecule has 0 aliphatic rings. The first kappa shape index (κ1) is 108. The summed E-state index contributed by atoms with van der Waals surface area (Å²) in [5.41, 5.74) is 8.04. The van der Waals surface area contributed by atoms with Gasteiger partial charge in [-0.05, 0) is 411 Å². The number of hydrogen-bond acceptors (Lipinski definition) is 12. The Morgan fingerprint density at radius 2 is 0.609 bits per heavy atom. The van der Waals surface area contributed by atoms with Gasteiger partial charge in [-0.1, -0.05) is 209 Å². The van der Waals surface area contributed by atoms with Crippen molar-refractivity contribution in [1.82, 2.24) is 10.2 Å². The SMILES string of the molecule is Brc1ccc(-c2ccc(Br)s2)s1.Brc1ccc(-c2nnc(-c3ccc(Br)cc3)o2)cc1.Brc1ccc(/C=C/c2ccc(Br)cc2)cc1.CC(C)(c1cc(Br)c(O)c(Br)c1)c1cc(Br)c(O)c(Br)c1.COc1c(Br)cc(C(C)(C)c2cc(Br)c(OC)c(Br)c2)cc1Br.N#Cc1c(Cl)c(Cl)c(C#N)c(Cl)c1Cl.O=P(c1ccc(Cl)cc1)(c1ccc(Cl)cc1)c1ccc(Cl)cc1. The number of aromatic nitrogens is 2. The first-order valence-corrected chi connectivity index (χ1v) is 53.8. The van der Waals surface area contributed by atoms with Crippen LogP contribution in [0.4, 0.5) is 0 Å². The van der Waals surface area contributed by atoms with Gasteiger partial charge in [0.05, 0.1) is 88.8 Å². The van der Waals surface area contributed by atoms with E-state index in [9.17, 15) is 14.8 Å². The van der Waals surface area contributed by atoms with Gasteiger partial charge in [0.25, 0.3) is 0 Å². The molecule has 0 amide bonds. The third-order valence-corrected chi connectivity index (χ3v) is 34.5. The molecule has 3 heterocycles. The monoisotopic (exact) mass is 2790 g/mol. The number of nitriles is 2. The van der Waals surface area contributed by atoms with Gasteiger partial charge in [-0.2, -0.15) is 10.5 Å². The molecule has 0 spiro atoms. The lowest BCUT2D eigenvalue weighted by Crippen LogP contribution is -2.24. The molecule has 0 saturated heterocycles. The number of nitrogens with zero attached hydrogens (tertiary/aromatic N) is 4. The van der Waals surface area contributed by atoms with E-state index < -0.39 is 7.14 Å². The van der Waals surface area contributed by atoms with Crippen LogP contribution in [0.1, 0.15) is 72.2 Å². The van der Waals surface area contributed by atoms with Crippen LogP contribution in [0.25, 0.3) is 44.8 Å². The molecule has 15 aromatic rings. The molecule has 0 fully saturated rings. The Balaban J connectivity index is 0.000000170. The molecule has 34 heteroatoms. The first-order valence-electron chi connectivity index (χ1n) is 36.7. The fraction of sp³-hybridized carbons (Fsp3) is 0.0851. The fourth-order valence-electron chi connectivity index (χ4n) is 11.5. The van der Waals surface area contributed by atoms with Crippen LogP contribution in [0.5, 0.6) is 23.0 Å². The molecule has 2 N–H and O–H groups in total. The highest BCUT2D eigenvalue weighted by molar-refractivity contribution is 9.13. The molecule has 0 saturated carbocycles. The van der Waals surface area contributed by atoms with Gasteiger partial charge in [-0.3, -0.25) is 0 Å². The van der Waals surface area contributed by atoms with E-state index in [1.165, 1.54) is 39.6 Å². The molecule has 128 heavy (non-hydrogen) atoms. The molecule has 15 rings (SSSR count). The minimum Gasteiger partial charge on any atom is -0.506 e. The lowest BCUT2D eigenvalue weighted by molar-refractivity contribution is 0.408. The normalized spacial score (nSPS) is 11.0. The zero-order valence-electron chi connectivity index (χ0n) is 66.8. The quantitative estimate of drug-likeness (QED) is 0.0609. The Morgan fingerprint density at radius 3 is 0.836 bits per heavy atom. The van der Waals surface area contributed by atoms with E-state index in [1.54, 1.807) is 122 Å². The molecule has 658 valence electrons. The van der Waals surface area contributed by atoms with Crippen LogP contribution in [0, 0.1) is 22.7 Å². The molecular weight excluding hydrogens is 2740 g/mol. The van der Waals surface area contributed by atoms with Crippen molar-refractivity contribution >= 4 is 362 Å². The summed E-state index contributed by atoms with van der Waals surface area (Å²) in [6, 6.07) is 81.2. The van der Waals surface area contributed by atoms with E-state index in [2.05, 4.69) is 346 Å². The second-order valence-corrected chi connectivity index (χ2v) is 48.6. The van der Waals surface area contributed by atoms with Gasteiger partial charge in [-0.15, -0.1) is 32.9 Å². The molecule has 0 radical (unpaired) electrons. The van der Waals surface area contributed by atoms with Crippen molar-refractivity contribution in [3.63, 3.8) is 0 Å². The highest BCUT2D eigenvalue weighted by Crippen LogP contribution is 2.49. The Hall–Kier alpha value is -3.92. The minimum absolute atomic E-state index is 0.0256. The zero-order valence-corrected chi connectivity index (χ0v) is 96.8. The van der Waals surface area contributed by atoms with Gasteiger partial charge in [0.15, 0.2) is 7.14 Å². The maximum Gasteiger partial charge on any atom is 0.248 e. The predicted octanol–water partition coefficient (Wildman–Crippen LogP) is 38.2. The second kappa shape index (κ2) is 50.2. The average Bonchev–Trinajstić information content (AvgIpc) is 0.999. The molecule has 10 nitrogen and oxygen atoms in total. The molecule has 0 bridgehead atoms. The maximum absolute atomic E-state index is 14.0. The van der Waals surface area contributed by atoms with Gasteiger partial charge < -0.3 is 28.7 Å². The average molecular weight is 2810 g/mol. The number of ether oxygens (including phenoxy) is 2. The summed E-state index contributed by atoms with van der Waals surface area (Å²) in [7, 11) is 0.308. The van der Waals surface area contributed by atoms with E-state index >= 15 is 0 Å². The number of phenolic OH excluding ortho intramolecular Hbond substituents is 2. The highest BCUT2D eigenvalue weighted by Gasteiger charge is 2.32. The van der Waals surface area contributed by atoms with E-state index in [-0.39, 0.29) is 53.5 Å². The summed E-state index contributed by atoms with van der Waals surface area (Å²) in [4.78, 5) is 2.63. The minimum atomic E-state index is -3.01. The topological polar surface area (TPSA) is 162 Å². The van der Waals surface area contributed by atoms with Crippen molar-refractivity contribution in [1.29, 1.82) is 10.5 Å². The van der Waals surface area contributed by atoms with Gasteiger partial charge >= 0.3 is 0 Å². The number of thiophene rings is 2. The van der Waals surface area contributed by atoms with Crippen LogP contribution in [-0.2, 0) is 15.4 Å². The maximum atomic E-state index is 14.0. The third-order valence-electron chi connectivity index (χ3n) is 18.6. The Morgan fingerprint density at radius 1 is 0.367 bits per heavy atom. The number of benzene rings is 12. The fourth-order valence-corrected chi connectivity index (χ4v) is 24.8. The Kier molecular flexibility index (Phi) is 42.3. The largest absolute Gasteiger partial charge is 0.506 e. The van der Waals surface area contributed by atoms with Crippen molar-refractivity contribution in [2.45, 2.75) is 38.5 Å². The summed E-state index contributed by atoms with van der Waals surface area (Å²) in [5.74, 6) is 2.99. The van der Waals surface area contributed by atoms with Gasteiger partial charge in [0, 0.05) is 80.6 Å². The summed E-state index contributed by atoms with van der Waals surface area (Å²) in [6.45, 7) is 8.55. The smallest absolute Gasteiger partial charge is 0.248 e. The van der Waals surface area contributed by atoms with Crippen LogP contribution >= 0.6 is 334 Å². The van der Waals surface area contributed by atoms with Crippen molar-refractivity contribution < 1.29 is 28.7 Å². The number of aromatic hydroxyl groups is 2. The van der Waals surface area contributed by atoms with Crippen LogP contribution in [-0.4, -0.2) is 34.6 Å². The Labute approximate surface area is 903 Å². The van der Waals surface area contributed by atoms with E-state index in [1.807, 2.05) is 97.1 Å². The number of phenols is 2. The van der Waals surface area contributed by atoms with Gasteiger partial charge in [0.2, 0.25) is 11.8 Å². The number of methoxy groups -OCH3 is 2. The molecule has 3 aromatic heterocycles. The summed E-state index contributed by atoms with van der Waals surface area (Å²) >= 11 is 92.6. The van der Waals surface area contributed by atoms with Crippen molar-refractivity contribution in [2.75, 3.05) is 14.2 Å². The van der Waals surface area contributed by atoms with Gasteiger partial charge in [0.1, 0.15) is 35.1 Å². The second-order valence-electron chi connectivity index (χ2n) is 27.6. The molecule has 0 aliphatic heterocycles. The highest BCUT2D eigenvalue weighted by atomic mass is 79.9. The lowest BCUT2D eigenvalue weighted by atomic mass is 9.78. The van der Waals surface area contributed by atoms with Crippen LogP contribution < -0.4 is 25.4 Å². The van der Waals surface area contributed by atoms with E-state index in [4.69, 9.17) is 106 Å². The van der Waals surface area contributed by atoms with Crippen LogP contribution in [0.2, 0.25) is 35.2 Å². The van der Waals surface area contributed by atoms with Crippen molar-refractivity contribution in [3.8, 4) is 67.8 Å². The molecular formula is C94H62Br14Cl7N4O6PS2. The van der Waals surface area contributed by atoms with E-state index in [0.29, 0.717) is 60.7 Å². The Bertz CT molecular complexity index is 6040. The number of halogens is 21. The summed E-state index contributed by atoms with van der Waals surface area (Å²) in [5, 5.41) is 49.0. The number of rotatable bonds is 14. The standard InChI is InChI=1S/C18H12Cl3OP.C17H16Br4O2.C15H12Br4O2.C14H8Br2N2O.C14H10Br2.C8H4Br2S2.C8Cl4N2/c19-13-1-7-16(8-2-13)23(22,17-9-3-14(20)4-10-17)18-11-5-15(21)6-12-18;1-17(2,9-5-11(18)15(22-3)12(19)6-9)10-7-13(20)16(23-4)14(21)8-10;1-15(2,7-3-9(16)13(20)10(17)4-7)8-5-11(18)14(21)12(19)6-8;15-11-5-1-9(2-6-11)13-17-18-14(19-13)10-3-7-12(16)8-4-10;15-13-7-3-11(4-8-13)1-2-12-5-9-14(16)10-6-12;9-7-3-1-5(11-7)6-2-4-8(10)12-6;9-5-3(1-13)6(10)8(12)4(2-14)7(5)11/h1-12H;5-8H,1-4H3;3-6,20-21H,1-2H3;1-8H;1-10H;1-4H;/b;;;;2-1+;;. The third kappa shape index (κ3) is 29.1. The summed E-state index contributed by atoms with van der Waals surface area (Å²) in [6.07, 6.45) is 4.21. The zero-order chi connectivity index (χ0) is 93.8. The first-order chi connectivity index (χ1) is 60.6. The predicted molar refractivity (Wildman–Crippen MR) is 586 cm³/mol. The summed E-state index contributed by atoms with van der Waals surface area (Å²) < 4.78 is 43.3. The molecule has 12 aromatic carbocycles. The van der Waals surface area contributed by atoms with Crippen LogP contribution in [0.3, 0.4) is 0 Å². The van der Waals surface area contributed by atoms with Crippen LogP contribution in [0.15, 0.2) is 308 Å². The molecule has 0 aliphatic carbocycles. The molecule has 0 unspecified atom stereocenters. The molecule has 0 atom stereocenters. The number of hydrogen-bond donors (Lipinski definition) is 2.